The maximum atomic E-state index is 12.4. The standard InChI is InChI=1S/C16H14N4O2/c17-9-13-2-1-12(10-19-13)16(21)20-8-5-15(11-20)22-14-3-6-18-7-4-14/h1-4,6-7,10,15H,5,8,11H2/t15-/m1/s1. The van der Waals surface area contributed by atoms with Gasteiger partial charge in [0.2, 0.25) is 0 Å². The maximum absolute atomic E-state index is 12.4. The van der Waals surface area contributed by atoms with Crippen molar-refractivity contribution in [3.63, 3.8) is 0 Å². The second kappa shape index (κ2) is 6.22. The molecular weight excluding hydrogens is 280 g/mol. The van der Waals surface area contributed by atoms with Crippen molar-refractivity contribution in [2.24, 2.45) is 0 Å². The number of ether oxygens (including phenoxy) is 1. The fourth-order valence-electron chi connectivity index (χ4n) is 2.39. The van der Waals surface area contributed by atoms with Crippen LogP contribution in [0.15, 0.2) is 42.9 Å². The van der Waals surface area contributed by atoms with Crippen molar-refractivity contribution in [2.75, 3.05) is 13.1 Å². The van der Waals surface area contributed by atoms with Gasteiger partial charge in [-0.25, -0.2) is 4.98 Å². The Bertz CT molecular complexity index is 694. The average molecular weight is 294 g/mol. The largest absolute Gasteiger partial charge is 0.488 e. The highest BCUT2D eigenvalue weighted by molar-refractivity contribution is 5.94. The van der Waals surface area contributed by atoms with Crippen LogP contribution in [0.25, 0.3) is 0 Å². The van der Waals surface area contributed by atoms with E-state index >= 15 is 0 Å². The highest BCUT2D eigenvalue weighted by atomic mass is 16.5. The molecule has 6 heteroatoms. The SMILES string of the molecule is N#Cc1ccc(C(=O)N2CC[C@@H](Oc3ccncc3)C2)cn1. The first-order chi connectivity index (χ1) is 10.8. The van der Waals surface area contributed by atoms with Crippen LogP contribution in [0.5, 0.6) is 5.75 Å². The molecule has 2 aromatic rings. The Hall–Kier alpha value is -2.94. The second-order valence-corrected chi connectivity index (χ2v) is 5.01. The van der Waals surface area contributed by atoms with Crippen molar-refractivity contribution >= 4 is 5.91 Å². The zero-order valence-corrected chi connectivity index (χ0v) is 11.8. The summed E-state index contributed by atoms with van der Waals surface area (Å²) in [5, 5.41) is 8.72. The molecule has 6 nitrogen and oxygen atoms in total. The summed E-state index contributed by atoms with van der Waals surface area (Å²) in [4.78, 5) is 22.0. The van der Waals surface area contributed by atoms with E-state index in [0.29, 0.717) is 24.3 Å². The molecule has 1 amide bonds. The van der Waals surface area contributed by atoms with Gasteiger partial charge in [-0.3, -0.25) is 9.78 Å². The van der Waals surface area contributed by atoms with E-state index in [1.165, 1.54) is 6.20 Å². The van der Waals surface area contributed by atoms with Gasteiger partial charge in [0.25, 0.3) is 5.91 Å². The van der Waals surface area contributed by atoms with Gasteiger partial charge in [-0.1, -0.05) is 0 Å². The summed E-state index contributed by atoms with van der Waals surface area (Å²) < 4.78 is 5.84. The number of carbonyl (C=O) groups is 1. The molecule has 0 unspecified atom stereocenters. The Morgan fingerprint density at radius 1 is 1.32 bits per heavy atom. The van der Waals surface area contributed by atoms with E-state index in [-0.39, 0.29) is 12.0 Å². The lowest BCUT2D eigenvalue weighted by molar-refractivity contribution is 0.0772. The van der Waals surface area contributed by atoms with E-state index in [2.05, 4.69) is 9.97 Å². The lowest BCUT2D eigenvalue weighted by Crippen LogP contribution is -2.31. The Morgan fingerprint density at radius 3 is 2.82 bits per heavy atom. The lowest BCUT2D eigenvalue weighted by Gasteiger charge is -2.17. The van der Waals surface area contributed by atoms with Gasteiger partial charge in [-0.05, 0) is 24.3 Å². The highest BCUT2D eigenvalue weighted by Crippen LogP contribution is 2.19. The van der Waals surface area contributed by atoms with Crippen LogP contribution in [-0.4, -0.2) is 40.0 Å². The van der Waals surface area contributed by atoms with Crippen molar-refractivity contribution in [2.45, 2.75) is 12.5 Å². The predicted molar refractivity (Wildman–Crippen MR) is 78.1 cm³/mol. The number of hydrogen-bond acceptors (Lipinski definition) is 5. The molecule has 1 atom stereocenters. The first kappa shape index (κ1) is 14.0. The normalized spacial score (nSPS) is 17.0. The molecule has 1 saturated heterocycles. The Balaban J connectivity index is 1.62. The number of amides is 1. The van der Waals surface area contributed by atoms with Crippen molar-refractivity contribution in [3.8, 4) is 11.8 Å². The summed E-state index contributed by atoms with van der Waals surface area (Å²) in [6.45, 7) is 1.19. The topological polar surface area (TPSA) is 79.1 Å². The van der Waals surface area contributed by atoms with Crippen molar-refractivity contribution in [1.82, 2.24) is 14.9 Å². The molecule has 0 bridgehead atoms. The summed E-state index contributed by atoms with van der Waals surface area (Å²) in [7, 11) is 0. The fraction of sp³-hybridized carbons (Fsp3) is 0.250. The molecule has 0 saturated carbocycles. The van der Waals surface area contributed by atoms with Crippen molar-refractivity contribution < 1.29 is 9.53 Å². The van der Waals surface area contributed by atoms with Crippen LogP contribution in [0.2, 0.25) is 0 Å². The van der Waals surface area contributed by atoms with Crippen molar-refractivity contribution in [3.05, 3.63) is 54.1 Å². The van der Waals surface area contributed by atoms with E-state index in [4.69, 9.17) is 10.00 Å². The highest BCUT2D eigenvalue weighted by Gasteiger charge is 2.28. The fourth-order valence-corrected chi connectivity index (χ4v) is 2.39. The van der Waals surface area contributed by atoms with Gasteiger partial charge in [0, 0.05) is 31.6 Å². The number of pyridine rings is 2. The number of nitriles is 1. The van der Waals surface area contributed by atoms with Crippen molar-refractivity contribution in [1.29, 1.82) is 5.26 Å². The Kier molecular flexibility index (Phi) is 3.97. The average Bonchev–Trinajstić information content (AvgIpc) is 3.04. The van der Waals surface area contributed by atoms with E-state index < -0.39 is 0 Å². The van der Waals surface area contributed by atoms with Gasteiger partial charge >= 0.3 is 0 Å². The van der Waals surface area contributed by atoms with Crippen LogP contribution >= 0.6 is 0 Å². The summed E-state index contributed by atoms with van der Waals surface area (Å²) in [5.41, 5.74) is 0.792. The van der Waals surface area contributed by atoms with Gasteiger partial charge in [0.1, 0.15) is 23.6 Å². The number of hydrogen-bond donors (Lipinski definition) is 0. The monoisotopic (exact) mass is 294 g/mol. The van der Waals surface area contributed by atoms with E-state index in [1.807, 2.05) is 6.07 Å². The molecule has 1 fully saturated rings. The minimum Gasteiger partial charge on any atom is -0.488 e. The zero-order chi connectivity index (χ0) is 15.4. The van der Waals surface area contributed by atoms with Crippen LogP contribution in [0.3, 0.4) is 0 Å². The van der Waals surface area contributed by atoms with Gasteiger partial charge in [-0.2, -0.15) is 5.26 Å². The summed E-state index contributed by atoms with van der Waals surface area (Å²) in [5.74, 6) is 0.673. The number of likely N-dealkylation sites (tertiary alicyclic amines) is 1. The lowest BCUT2D eigenvalue weighted by atomic mass is 10.2. The van der Waals surface area contributed by atoms with E-state index in [9.17, 15) is 4.79 Å². The summed E-state index contributed by atoms with van der Waals surface area (Å²) in [6, 6.07) is 8.72. The van der Waals surface area contributed by atoms with Crippen LogP contribution < -0.4 is 4.74 Å². The first-order valence-corrected chi connectivity index (χ1v) is 6.98. The molecule has 0 radical (unpaired) electrons. The molecule has 110 valence electrons. The number of carbonyl (C=O) groups excluding carboxylic acids is 1. The summed E-state index contributed by atoms with van der Waals surface area (Å²) in [6.07, 6.45) is 5.57. The minimum absolute atomic E-state index is 0.0160. The molecule has 0 aromatic carbocycles. The van der Waals surface area contributed by atoms with Crippen LogP contribution in [-0.2, 0) is 0 Å². The molecule has 1 aliphatic rings. The summed E-state index contributed by atoms with van der Waals surface area (Å²) >= 11 is 0. The maximum Gasteiger partial charge on any atom is 0.255 e. The molecule has 22 heavy (non-hydrogen) atoms. The van der Waals surface area contributed by atoms with Gasteiger partial charge in [0.15, 0.2) is 0 Å². The zero-order valence-electron chi connectivity index (χ0n) is 11.8. The van der Waals surface area contributed by atoms with Crippen LogP contribution in [0, 0.1) is 11.3 Å². The molecular formula is C16H14N4O2. The van der Waals surface area contributed by atoms with Gasteiger partial charge in [0.05, 0.1) is 12.1 Å². The quantitative estimate of drug-likeness (QED) is 0.860. The minimum atomic E-state index is -0.0854. The van der Waals surface area contributed by atoms with Gasteiger partial charge in [-0.15, -0.1) is 0 Å². The smallest absolute Gasteiger partial charge is 0.255 e. The number of rotatable bonds is 3. The number of aromatic nitrogens is 2. The van der Waals surface area contributed by atoms with E-state index in [0.717, 1.165) is 12.2 Å². The molecule has 0 N–H and O–H groups in total. The third-order valence-corrected chi connectivity index (χ3v) is 3.51. The third-order valence-electron chi connectivity index (χ3n) is 3.51. The third kappa shape index (κ3) is 3.04. The Morgan fingerprint density at radius 2 is 2.14 bits per heavy atom. The predicted octanol–water partition coefficient (Wildman–Crippen LogP) is 1.64. The molecule has 0 aliphatic carbocycles. The molecule has 3 heterocycles. The van der Waals surface area contributed by atoms with Crippen LogP contribution in [0.4, 0.5) is 0 Å². The molecule has 0 spiro atoms. The van der Waals surface area contributed by atoms with Crippen LogP contribution in [0.1, 0.15) is 22.5 Å². The van der Waals surface area contributed by atoms with Gasteiger partial charge < -0.3 is 9.64 Å². The molecule has 1 aliphatic heterocycles. The Labute approximate surface area is 128 Å². The first-order valence-electron chi connectivity index (χ1n) is 6.98. The van der Waals surface area contributed by atoms with E-state index in [1.54, 1.807) is 41.6 Å². The number of nitrogens with zero attached hydrogens (tertiary/aromatic N) is 4. The molecule has 2 aromatic heterocycles. The molecule has 3 rings (SSSR count). The second-order valence-electron chi connectivity index (χ2n) is 5.01.